The van der Waals surface area contributed by atoms with Crippen LogP contribution in [0.1, 0.15) is 89.2 Å². The van der Waals surface area contributed by atoms with Crippen molar-refractivity contribution in [1.29, 1.82) is 0 Å². The van der Waals surface area contributed by atoms with E-state index < -0.39 is 0 Å². The van der Waals surface area contributed by atoms with E-state index in [1.54, 1.807) is 0 Å². The van der Waals surface area contributed by atoms with E-state index >= 15 is 0 Å². The fraction of sp³-hybridized carbons (Fsp3) is 0.412. The average Bonchev–Trinajstić information content (AvgIpc) is 3.43. The van der Waals surface area contributed by atoms with E-state index in [1.807, 2.05) is 19.9 Å². The fourth-order valence-corrected chi connectivity index (χ4v) is 8.30. The van der Waals surface area contributed by atoms with Gasteiger partial charge in [-0.3, -0.25) is 9.79 Å². The number of Topliss-reactive ketones (excluding diaryl/α,β-unsaturated/α-hetero) is 1. The Morgan fingerprint density at radius 2 is 1.39 bits per heavy atom. The molecule has 2 fully saturated rings. The number of hydrogen-bond donors (Lipinski definition) is 2. The monoisotopic (exact) mass is 504 g/mol. The van der Waals surface area contributed by atoms with Crippen LogP contribution in [0.2, 0.25) is 0 Å². The van der Waals surface area contributed by atoms with Crippen molar-refractivity contribution in [2.75, 3.05) is 5.32 Å². The van der Waals surface area contributed by atoms with Gasteiger partial charge < -0.3 is 10.4 Å². The molecule has 2 N–H and O–H groups in total. The smallest absolute Gasteiger partial charge is 0.201 e. The molecule has 194 valence electrons. The third-order valence-electron chi connectivity index (χ3n) is 10.1. The summed E-state index contributed by atoms with van der Waals surface area (Å²) in [5.74, 6) is 0.101. The number of aliphatic hydroxyl groups is 1. The second-order valence-corrected chi connectivity index (χ2v) is 12.0. The number of benzene rings is 2. The van der Waals surface area contributed by atoms with E-state index in [0.717, 1.165) is 72.5 Å². The van der Waals surface area contributed by atoms with Crippen LogP contribution in [0.4, 0.5) is 11.4 Å². The molecule has 4 heteroatoms. The number of carbonyl (C=O) groups is 1. The second-order valence-electron chi connectivity index (χ2n) is 12.0. The minimum atomic E-state index is -0.142. The van der Waals surface area contributed by atoms with Gasteiger partial charge in [-0.1, -0.05) is 74.9 Å². The van der Waals surface area contributed by atoms with Crippen molar-refractivity contribution in [2.24, 2.45) is 4.99 Å². The third-order valence-corrected chi connectivity index (χ3v) is 10.1. The van der Waals surface area contributed by atoms with E-state index in [-0.39, 0.29) is 22.4 Å². The second kappa shape index (κ2) is 8.56. The summed E-state index contributed by atoms with van der Waals surface area (Å²) in [7, 11) is 0. The topological polar surface area (TPSA) is 61.7 Å². The molecule has 4 nitrogen and oxygen atoms in total. The highest BCUT2D eigenvalue weighted by Gasteiger charge is 2.49. The zero-order valence-corrected chi connectivity index (χ0v) is 22.5. The molecule has 2 aromatic carbocycles. The van der Waals surface area contributed by atoms with Gasteiger partial charge in [0.2, 0.25) is 5.78 Å². The maximum absolute atomic E-state index is 13.9. The molecular weight excluding hydrogens is 468 g/mol. The maximum atomic E-state index is 13.9. The molecule has 2 aliphatic heterocycles. The van der Waals surface area contributed by atoms with Crippen molar-refractivity contribution in [1.82, 2.24) is 0 Å². The Morgan fingerprint density at radius 3 is 2.08 bits per heavy atom. The molecule has 3 aliphatic carbocycles. The standard InChI is InChI=1S/C34H36N2O2/c1-21(31-33(17-9-3-10-18-33)23-13-5-7-15-25(23)35-31)27-29(37)28(30(27)38)22(2)32-34(19-11-4-12-20-34)24-14-6-8-16-26(24)36-32/h5-8,13-16,35,37H,3-4,9-12,17-20H2,1-2H3/b28-22-,31-21+. The van der Waals surface area contributed by atoms with Gasteiger partial charge >= 0.3 is 0 Å². The first kappa shape index (κ1) is 23.7. The quantitative estimate of drug-likeness (QED) is 0.405. The van der Waals surface area contributed by atoms with Gasteiger partial charge in [0, 0.05) is 22.2 Å². The molecule has 38 heavy (non-hydrogen) atoms. The van der Waals surface area contributed by atoms with Crippen LogP contribution in [0.5, 0.6) is 0 Å². The first-order valence-corrected chi connectivity index (χ1v) is 14.4. The summed E-state index contributed by atoms with van der Waals surface area (Å²) in [5, 5.41) is 15.2. The van der Waals surface area contributed by atoms with Gasteiger partial charge in [-0.2, -0.15) is 0 Å². The molecule has 2 saturated carbocycles. The Morgan fingerprint density at radius 1 is 0.789 bits per heavy atom. The van der Waals surface area contributed by atoms with Crippen LogP contribution in [0.25, 0.3) is 0 Å². The van der Waals surface area contributed by atoms with Gasteiger partial charge in [-0.15, -0.1) is 0 Å². The average molecular weight is 505 g/mol. The highest BCUT2D eigenvalue weighted by Crippen LogP contribution is 2.55. The summed E-state index contributed by atoms with van der Waals surface area (Å²) in [6, 6.07) is 17.0. The van der Waals surface area contributed by atoms with Gasteiger partial charge in [-0.25, -0.2) is 0 Å². The van der Waals surface area contributed by atoms with Crippen LogP contribution < -0.4 is 5.32 Å². The zero-order chi connectivity index (χ0) is 26.1. The lowest BCUT2D eigenvalue weighted by Crippen LogP contribution is -2.38. The SMILES string of the molecule is C/C(C1=Nc2ccccc2C12CCCCC2)=C1/C(=O)C(C(/C)=C2/Nc3ccccc3C23CCCCC3)=C1O. The Kier molecular flexibility index (Phi) is 5.34. The van der Waals surface area contributed by atoms with Crippen molar-refractivity contribution in [3.05, 3.63) is 93.4 Å². The number of fused-ring (bicyclic) bond motifs is 4. The van der Waals surface area contributed by atoms with E-state index in [1.165, 1.54) is 36.8 Å². The molecule has 0 aromatic heterocycles. The molecule has 5 aliphatic rings. The number of para-hydroxylation sites is 2. The molecule has 2 aromatic rings. The first-order valence-electron chi connectivity index (χ1n) is 14.4. The lowest BCUT2D eigenvalue weighted by molar-refractivity contribution is -0.113. The van der Waals surface area contributed by atoms with Crippen LogP contribution >= 0.6 is 0 Å². The molecule has 0 saturated heterocycles. The van der Waals surface area contributed by atoms with Crippen LogP contribution in [0.3, 0.4) is 0 Å². The number of hydrogen-bond acceptors (Lipinski definition) is 4. The Hall–Kier alpha value is -3.40. The largest absolute Gasteiger partial charge is 0.506 e. The van der Waals surface area contributed by atoms with E-state index in [4.69, 9.17) is 4.99 Å². The molecule has 0 atom stereocenters. The van der Waals surface area contributed by atoms with E-state index in [0.29, 0.717) is 11.1 Å². The van der Waals surface area contributed by atoms with E-state index in [9.17, 15) is 9.90 Å². The number of ketones is 1. The number of allylic oxidation sites excluding steroid dienone is 5. The lowest BCUT2D eigenvalue weighted by Gasteiger charge is -2.38. The van der Waals surface area contributed by atoms with Crippen LogP contribution in [-0.2, 0) is 15.6 Å². The highest BCUT2D eigenvalue weighted by atomic mass is 16.3. The van der Waals surface area contributed by atoms with Gasteiger partial charge in [0.15, 0.2) is 0 Å². The number of rotatable bonds is 2. The zero-order valence-electron chi connectivity index (χ0n) is 22.5. The van der Waals surface area contributed by atoms with Crippen molar-refractivity contribution < 1.29 is 9.90 Å². The number of nitrogens with zero attached hydrogens (tertiary/aromatic N) is 1. The minimum absolute atomic E-state index is 0.0432. The molecule has 7 rings (SSSR count). The van der Waals surface area contributed by atoms with Crippen molar-refractivity contribution >= 4 is 22.9 Å². The predicted molar refractivity (Wildman–Crippen MR) is 153 cm³/mol. The van der Waals surface area contributed by atoms with Crippen molar-refractivity contribution in [2.45, 2.75) is 88.9 Å². The summed E-state index contributed by atoms with van der Waals surface area (Å²) < 4.78 is 0. The molecule has 0 unspecified atom stereocenters. The van der Waals surface area contributed by atoms with E-state index in [2.05, 4.69) is 47.8 Å². The molecular formula is C34H36N2O2. The number of aliphatic imine (C=N–C) groups is 1. The van der Waals surface area contributed by atoms with Gasteiger partial charge in [-0.05, 0) is 73.9 Å². The Balaban J connectivity index is 1.33. The minimum Gasteiger partial charge on any atom is -0.506 e. The van der Waals surface area contributed by atoms with Crippen LogP contribution in [0, 0.1) is 0 Å². The normalized spacial score (nSPS) is 25.5. The summed E-state index contributed by atoms with van der Waals surface area (Å²) in [5.41, 5.74) is 9.34. The van der Waals surface area contributed by atoms with Crippen LogP contribution in [-0.4, -0.2) is 16.6 Å². The summed E-state index contributed by atoms with van der Waals surface area (Å²) in [4.78, 5) is 19.0. The fourth-order valence-electron chi connectivity index (χ4n) is 8.30. The molecule has 0 bridgehead atoms. The predicted octanol–water partition coefficient (Wildman–Crippen LogP) is 8.29. The van der Waals surface area contributed by atoms with Crippen molar-refractivity contribution in [3.63, 3.8) is 0 Å². The molecule has 2 heterocycles. The molecule has 0 radical (unpaired) electrons. The number of nitrogens with one attached hydrogen (secondary N) is 1. The Bertz CT molecular complexity index is 1490. The van der Waals surface area contributed by atoms with Gasteiger partial charge in [0.05, 0.1) is 22.5 Å². The van der Waals surface area contributed by atoms with Gasteiger partial charge in [0.1, 0.15) is 5.76 Å². The summed E-state index contributed by atoms with van der Waals surface area (Å²) in [6.45, 7) is 4.02. The lowest BCUT2D eigenvalue weighted by atomic mass is 9.64. The van der Waals surface area contributed by atoms with Crippen molar-refractivity contribution in [3.8, 4) is 0 Å². The number of aliphatic hydroxyl groups excluding tert-OH is 1. The molecule has 2 spiro atoms. The summed E-state index contributed by atoms with van der Waals surface area (Å²) >= 11 is 0. The Labute approximate surface area is 225 Å². The highest BCUT2D eigenvalue weighted by molar-refractivity contribution is 6.27. The number of carbonyl (C=O) groups excluding carboxylic acids is 1. The van der Waals surface area contributed by atoms with Gasteiger partial charge in [0.25, 0.3) is 0 Å². The maximum Gasteiger partial charge on any atom is 0.201 e. The number of anilines is 1. The first-order chi connectivity index (χ1) is 18.5. The molecule has 0 amide bonds. The third kappa shape index (κ3) is 3.09. The summed E-state index contributed by atoms with van der Waals surface area (Å²) in [6.07, 6.45) is 11.4. The van der Waals surface area contributed by atoms with Crippen LogP contribution in [0.15, 0.2) is 87.3 Å².